The molecule has 1 aromatic rings. The zero-order chi connectivity index (χ0) is 8.43. The molecule has 0 amide bonds. The van der Waals surface area contributed by atoms with Gasteiger partial charge in [-0.2, -0.15) is 0 Å². The molecule has 56 valence electrons. The van der Waals surface area contributed by atoms with E-state index in [0.29, 0.717) is 12.1 Å². The molecule has 0 unspecified atom stereocenters. The van der Waals surface area contributed by atoms with E-state index in [1.807, 2.05) is 0 Å². The molecule has 0 atom stereocenters. The fourth-order valence-electron chi connectivity index (χ4n) is 0.680. The molecule has 0 saturated carbocycles. The van der Waals surface area contributed by atoms with Crippen molar-refractivity contribution in [3.63, 3.8) is 0 Å². The Bertz CT molecular complexity index is 300. The van der Waals surface area contributed by atoms with E-state index in [4.69, 9.17) is 6.42 Å². The zero-order valence-electron chi connectivity index (χ0n) is 5.37. The summed E-state index contributed by atoms with van der Waals surface area (Å²) in [5.74, 6) is -1.30. The van der Waals surface area contributed by atoms with Gasteiger partial charge in [0.1, 0.15) is 17.5 Å². The Morgan fingerprint density at radius 1 is 1.09 bits per heavy atom. The summed E-state index contributed by atoms with van der Waals surface area (Å²) in [5, 5.41) is 0. The molecule has 0 heterocycles. The van der Waals surface area contributed by atoms with Crippen molar-refractivity contribution in [2.45, 2.75) is 0 Å². The van der Waals surface area contributed by atoms with Gasteiger partial charge in [-0.1, -0.05) is 5.92 Å². The van der Waals surface area contributed by atoms with Crippen molar-refractivity contribution in [2.24, 2.45) is 0 Å². The maximum Gasteiger partial charge on any atom is 0.144 e. The van der Waals surface area contributed by atoms with Gasteiger partial charge in [0.2, 0.25) is 0 Å². The number of hydrogen-bond acceptors (Lipinski definition) is 0. The average molecular weight is 156 g/mol. The summed E-state index contributed by atoms with van der Waals surface area (Å²) < 4.78 is 37.2. The number of hydrogen-bond donors (Lipinski definition) is 0. The van der Waals surface area contributed by atoms with Crippen LogP contribution in [0.3, 0.4) is 0 Å². The molecule has 1 rings (SSSR count). The number of terminal acetylenes is 1. The van der Waals surface area contributed by atoms with Crippen LogP contribution in [0.15, 0.2) is 12.1 Å². The van der Waals surface area contributed by atoms with Crippen molar-refractivity contribution in [1.29, 1.82) is 0 Å². The molecule has 0 nitrogen and oxygen atoms in total. The molecule has 0 spiro atoms. The van der Waals surface area contributed by atoms with Gasteiger partial charge in [0.15, 0.2) is 0 Å². The highest BCUT2D eigenvalue weighted by molar-refractivity contribution is 5.34. The standard InChI is InChI=1S/C8H3F3/c1-2-6-7(10)3-5(9)4-8(6)11/h1,3-4H. The molecular weight excluding hydrogens is 153 g/mol. The second-order valence-electron chi connectivity index (χ2n) is 1.89. The molecule has 0 fully saturated rings. The molecule has 3 heteroatoms. The fourth-order valence-corrected chi connectivity index (χ4v) is 0.680. The summed E-state index contributed by atoms with van der Waals surface area (Å²) in [7, 11) is 0. The predicted octanol–water partition coefficient (Wildman–Crippen LogP) is 2.09. The molecule has 0 aliphatic rings. The van der Waals surface area contributed by atoms with Crippen LogP contribution in [0.25, 0.3) is 0 Å². The molecule has 0 aliphatic carbocycles. The van der Waals surface area contributed by atoms with Crippen LogP contribution in [0.2, 0.25) is 0 Å². The monoisotopic (exact) mass is 156 g/mol. The third kappa shape index (κ3) is 1.35. The van der Waals surface area contributed by atoms with Crippen LogP contribution in [-0.2, 0) is 0 Å². The molecule has 0 N–H and O–H groups in total. The summed E-state index contributed by atoms with van der Waals surface area (Å²) in [6.07, 6.45) is 4.75. The largest absolute Gasteiger partial charge is 0.207 e. The molecule has 0 radical (unpaired) electrons. The van der Waals surface area contributed by atoms with Crippen molar-refractivity contribution < 1.29 is 13.2 Å². The van der Waals surface area contributed by atoms with Crippen LogP contribution in [0, 0.1) is 29.8 Å². The van der Waals surface area contributed by atoms with Gasteiger partial charge in [-0.15, -0.1) is 6.42 Å². The predicted molar refractivity (Wildman–Crippen MR) is 34.3 cm³/mol. The molecule has 0 saturated heterocycles. The Morgan fingerprint density at radius 2 is 1.55 bits per heavy atom. The smallest absolute Gasteiger partial charge is 0.144 e. The lowest BCUT2D eigenvalue weighted by Gasteiger charge is -1.95. The van der Waals surface area contributed by atoms with E-state index in [1.54, 1.807) is 5.92 Å². The van der Waals surface area contributed by atoms with Gasteiger partial charge >= 0.3 is 0 Å². The van der Waals surface area contributed by atoms with Crippen LogP contribution in [0.1, 0.15) is 5.56 Å². The molecular formula is C8H3F3. The molecule has 1 aromatic carbocycles. The lowest BCUT2D eigenvalue weighted by Crippen LogP contribution is -1.91. The Labute approximate surface area is 61.7 Å². The second kappa shape index (κ2) is 2.67. The first kappa shape index (κ1) is 7.67. The number of benzene rings is 1. The van der Waals surface area contributed by atoms with E-state index in [0.717, 1.165) is 0 Å². The Kier molecular flexibility index (Phi) is 1.86. The van der Waals surface area contributed by atoms with Crippen molar-refractivity contribution in [3.05, 3.63) is 35.1 Å². The van der Waals surface area contributed by atoms with E-state index in [9.17, 15) is 13.2 Å². The molecule has 0 bridgehead atoms. The SMILES string of the molecule is C#Cc1c(F)cc(F)cc1F. The van der Waals surface area contributed by atoms with Gasteiger partial charge in [0.05, 0.1) is 5.56 Å². The van der Waals surface area contributed by atoms with Crippen LogP contribution in [-0.4, -0.2) is 0 Å². The number of halogens is 3. The lowest BCUT2D eigenvalue weighted by atomic mass is 10.2. The lowest BCUT2D eigenvalue weighted by molar-refractivity contribution is 0.539. The van der Waals surface area contributed by atoms with Gasteiger partial charge < -0.3 is 0 Å². The Morgan fingerprint density at radius 3 is 1.91 bits per heavy atom. The highest BCUT2D eigenvalue weighted by Crippen LogP contribution is 2.12. The van der Waals surface area contributed by atoms with Crippen molar-refractivity contribution in [1.82, 2.24) is 0 Å². The van der Waals surface area contributed by atoms with Crippen LogP contribution < -0.4 is 0 Å². The van der Waals surface area contributed by atoms with Gasteiger partial charge in [-0.25, -0.2) is 13.2 Å². The minimum atomic E-state index is -1.05. The van der Waals surface area contributed by atoms with Gasteiger partial charge in [0.25, 0.3) is 0 Å². The van der Waals surface area contributed by atoms with E-state index < -0.39 is 23.0 Å². The van der Waals surface area contributed by atoms with Crippen molar-refractivity contribution >= 4 is 0 Å². The minimum absolute atomic E-state index is 0.536. The highest BCUT2D eigenvalue weighted by atomic mass is 19.1. The van der Waals surface area contributed by atoms with Crippen molar-refractivity contribution in [2.75, 3.05) is 0 Å². The highest BCUT2D eigenvalue weighted by Gasteiger charge is 2.07. The summed E-state index contributed by atoms with van der Waals surface area (Å²) in [6, 6.07) is 1.08. The van der Waals surface area contributed by atoms with Crippen LogP contribution >= 0.6 is 0 Å². The zero-order valence-corrected chi connectivity index (χ0v) is 5.37. The van der Waals surface area contributed by atoms with Gasteiger partial charge in [-0.05, 0) is 0 Å². The van der Waals surface area contributed by atoms with Crippen LogP contribution in [0.4, 0.5) is 13.2 Å². The summed E-state index contributed by atoms with van der Waals surface area (Å²) in [6.45, 7) is 0. The van der Waals surface area contributed by atoms with E-state index >= 15 is 0 Å². The van der Waals surface area contributed by atoms with Crippen LogP contribution in [0.5, 0.6) is 0 Å². The first-order chi connectivity index (χ1) is 5.15. The number of rotatable bonds is 0. The first-order valence-corrected chi connectivity index (χ1v) is 2.76. The first-order valence-electron chi connectivity index (χ1n) is 2.76. The minimum Gasteiger partial charge on any atom is -0.207 e. The second-order valence-corrected chi connectivity index (χ2v) is 1.89. The Balaban J connectivity index is 3.40. The maximum absolute atomic E-state index is 12.5. The third-order valence-electron chi connectivity index (χ3n) is 1.15. The van der Waals surface area contributed by atoms with Gasteiger partial charge in [-0.3, -0.25) is 0 Å². The third-order valence-corrected chi connectivity index (χ3v) is 1.15. The normalized spacial score (nSPS) is 9.27. The molecule has 0 aliphatic heterocycles. The Hall–Kier alpha value is -1.43. The van der Waals surface area contributed by atoms with E-state index in [-0.39, 0.29) is 0 Å². The fraction of sp³-hybridized carbons (Fsp3) is 0. The van der Waals surface area contributed by atoms with Gasteiger partial charge in [0, 0.05) is 12.1 Å². The maximum atomic E-state index is 12.5. The van der Waals surface area contributed by atoms with Crippen molar-refractivity contribution in [3.8, 4) is 12.3 Å². The molecule has 11 heavy (non-hydrogen) atoms. The summed E-state index contributed by atoms with van der Waals surface area (Å²) in [4.78, 5) is 0. The molecule has 0 aromatic heterocycles. The average Bonchev–Trinajstić information content (AvgIpc) is 1.85. The summed E-state index contributed by atoms with van der Waals surface area (Å²) in [5.41, 5.74) is -0.536. The van der Waals surface area contributed by atoms with E-state index in [2.05, 4.69) is 0 Å². The topological polar surface area (TPSA) is 0 Å². The summed E-state index contributed by atoms with van der Waals surface area (Å²) >= 11 is 0. The quantitative estimate of drug-likeness (QED) is 0.504. The van der Waals surface area contributed by atoms with E-state index in [1.165, 1.54) is 0 Å².